The summed E-state index contributed by atoms with van der Waals surface area (Å²) >= 11 is 1.67. The van der Waals surface area contributed by atoms with E-state index in [1.165, 1.54) is 25.7 Å². The highest BCUT2D eigenvalue weighted by Crippen LogP contribution is 2.26. The van der Waals surface area contributed by atoms with Gasteiger partial charge >= 0.3 is 0 Å². The van der Waals surface area contributed by atoms with Crippen molar-refractivity contribution in [1.29, 1.82) is 0 Å². The van der Waals surface area contributed by atoms with Crippen LogP contribution in [-0.2, 0) is 16.0 Å². The van der Waals surface area contributed by atoms with Crippen molar-refractivity contribution in [2.24, 2.45) is 5.92 Å². The molecule has 3 atom stereocenters. The predicted octanol–water partition coefficient (Wildman–Crippen LogP) is 2.54. The summed E-state index contributed by atoms with van der Waals surface area (Å²) in [4.78, 5) is 0. The molecule has 6 nitrogen and oxygen atoms in total. The van der Waals surface area contributed by atoms with Crippen molar-refractivity contribution in [2.75, 3.05) is 19.0 Å². The second-order valence-electron chi connectivity index (χ2n) is 6.30. The molecule has 2 heterocycles. The number of nitrogens with zero attached hydrogens (tertiary/aromatic N) is 4. The average molecular weight is 326 g/mol. The van der Waals surface area contributed by atoms with Crippen LogP contribution in [0.3, 0.4) is 0 Å². The minimum atomic E-state index is 0.266. The van der Waals surface area contributed by atoms with E-state index in [0.29, 0.717) is 12.0 Å². The first-order chi connectivity index (χ1) is 10.8. The first-order valence-corrected chi connectivity index (χ1v) is 9.43. The lowest BCUT2D eigenvalue weighted by Gasteiger charge is -2.28. The Kier molecular flexibility index (Phi) is 6.09. The molecular formula is C15H26N4O2S. The Morgan fingerprint density at radius 3 is 3.00 bits per heavy atom. The van der Waals surface area contributed by atoms with Crippen LogP contribution in [0.4, 0.5) is 0 Å². The number of hydrogen-bond acceptors (Lipinski definition) is 6. The third-order valence-electron chi connectivity index (χ3n) is 4.58. The van der Waals surface area contributed by atoms with Crippen molar-refractivity contribution in [3.8, 4) is 0 Å². The van der Waals surface area contributed by atoms with E-state index in [4.69, 9.17) is 9.47 Å². The number of thioether (sulfide) groups is 1. The maximum absolute atomic E-state index is 6.04. The topological polar surface area (TPSA) is 62.1 Å². The summed E-state index contributed by atoms with van der Waals surface area (Å²) in [5.74, 6) is 1.60. The molecule has 1 aliphatic carbocycles. The van der Waals surface area contributed by atoms with Gasteiger partial charge in [0.25, 0.3) is 0 Å². The van der Waals surface area contributed by atoms with Gasteiger partial charge in [0.1, 0.15) is 0 Å². The highest BCUT2D eigenvalue weighted by atomic mass is 32.2. The van der Waals surface area contributed by atoms with Gasteiger partial charge in [0.2, 0.25) is 5.16 Å². The summed E-state index contributed by atoms with van der Waals surface area (Å²) in [6.45, 7) is 4.70. The van der Waals surface area contributed by atoms with Crippen molar-refractivity contribution in [2.45, 2.75) is 69.4 Å². The van der Waals surface area contributed by atoms with E-state index in [0.717, 1.165) is 43.5 Å². The van der Waals surface area contributed by atoms with Gasteiger partial charge in [-0.1, -0.05) is 31.5 Å². The number of tetrazole rings is 1. The quantitative estimate of drug-likeness (QED) is 0.567. The van der Waals surface area contributed by atoms with Crippen molar-refractivity contribution >= 4 is 11.8 Å². The Labute approximate surface area is 136 Å². The summed E-state index contributed by atoms with van der Waals surface area (Å²) in [5.41, 5.74) is 0. The lowest BCUT2D eigenvalue weighted by Crippen LogP contribution is -2.26. The van der Waals surface area contributed by atoms with Crippen molar-refractivity contribution in [3.63, 3.8) is 0 Å². The molecule has 22 heavy (non-hydrogen) atoms. The fraction of sp³-hybridized carbons (Fsp3) is 0.933. The lowest BCUT2D eigenvalue weighted by molar-refractivity contribution is 0.00344. The van der Waals surface area contributed by atoms with Crippen LogP contribution in [0.2, 0.25) is 0 Å². The monoisotopic (exact) mass is 326 g/mol. The first-order valence-electron chi connectivity index (χ1n) is 8.45. The molecule has 124 valence electrons. The molecule has 3 rings (SSSR count). The maximum atomic E-state index is 6.04. The standard InChI is InChI=1S/C15H26N4O2S/c1-12-5-2-3-7-14(12)21-9-10-22-15-16-17-18-19(15)11-13-6-4-8-20-13/h12-14H,2-11H2,1H3. The third kappa shape index (κ3) is 4.43. The van der Waals surface area contributed by atoms with Gasteiger partial charge < -0.3 is 9.47 Å². The zero-order valence-electron chi connectivity index (χ0n) is 13.3. The number of ether oxygens (including phenoxy) is 2. The first kappa shape index (κ1) is 16.2. The predicted molar refractivity (Wildman–Crippen MR) is 84.9 cm³/mol. The van der Waals surface area contributed by atoms with Crippen LogP contribution in [0, 0.1) is 5.92 Å². The Balaban J connectivity index is 1.39. The fourth-order valence-electron chi connectivity index (χ4n) is 3.26. The number of hydrogen-bond donors (Lipinski definition) is 0. The van der Waals surface area contributed by atoms with Crippen LogP contribution < -0.4 is 0 Å². The third-order valence-corrected chi connectivity index (χ3v) is 5.50. The Bertz CT molecular complexity index is 451. The van der Waals surface area contributed by atoms with Crippen LogP contribution in [0.15, 0.2) is 5.16 Å². The van der Waals surface area contributed by atoms with Gasteiger partial charge in [-0.25, -0.2) is 4.68 Å². The smallest absolute Gasteiger partial charge is 0.209 e. The van der Waals surface area contributed by atoms with E-state index in [2.05, 4.69) is 22.4 Å². The van der Waals surface area contributed by atoms with E-state index in [1.54, 1.807) is 11.8 Å². The fourth-order valence-corrected chi connectivity index (χ4v) is 3.97. The maximum Gasteiger partial charge on any atom is 0.209 e. The zero-order chi connectivity index (χ0) is 15.2. The Morgan fingerprint density at radius 2 is 2.18 bits per heavy atom. The molecule has 1 saturated carbocycles. The molecule has 3 unspecified atom stereocenters. The minimum Gasteiger partial charge on any atom is -0.377 e. The highest BCUT2D eigenvalue weighted by molar-refractivity contribution is 7.99. The van der Waals surface area contributed by atoms with Gasteiger partial charge in [0.05, 0.1) is 25.4 Å². The van der Waals surface area contributed by atoms with Gasteiger partial charge in [-0.15, -0.1) is 5.10 Å². The molecule has 0 radical (unpaired) electrons. The van der Waals surface area contributed by atoms with E-state index in [1.807, 2.05) is 4.68 Å². The molecule has 0 aromatic carbocycles. The van der Waals surface area contributed by atoms with E-state index in [9.17, 15) is 0 Å². The molecule has 7 heteroatoms. The molecular weight excluding hydrogens is 300 g/mol. The Hall–Kier alpha value is -0.660. The molecule has 1 aromatic rings. The van der Waals surface area contributed by atoms with Gasteiger partial charge in [-0.05, 0) is 42.0 Å². The molecule has 2 aliphatic rings. The SMILES string of the molecule is CC1CCCCC1OCCSc1nnnn1CC1CCCO1. The molecule has 0 spiro atoms. The number of rotatable bonds is 7. The molecule has 0 bridgehead atoms. The molecule has 1 aliphatic heterocycles. The van der Waals surface area contributed by atoms with E-state index >= 15 is 0 Å². The average Bonchev–Trinajstić information content (AvgIpc) is 3.18. The molecule has 2 fully saturated rings. The Morgan fingerprint density at radius 1 is 1.27 bits per heavy atom. The lowest BCUT2D eigenvalue weighted by atomic mass is 9.88. The van der Waals surface area contributed by atoms with Crippen LogP contribution in [0.1, 0.15) is 45.4 Å². The van der Waals surface area contributed by atoms with Crippen LogP contribution >= 0.6 is 11.8 Å². The van der Waals surface area contributed by atoms with Gasteiger partial charge in [-0.3, -0.25) is 0 Å². The molecule has 1 aromatic heterocycles. The minimum absolute atomic E-state index is 0.266. The summed E-state index contributed by atoms with van der Waals surface area (Å²) in [6, 6.07) is 0. The summed E-state index contributed by atoms with van der Waals surface area (Å²) in [5, 5.41) is 12.8. The van der Waals surface area contributed by atoms with E-state index in [-0.39, 0.29) is 6.10 Å². The normalized spacial score (nSPS) is 29.0. The number of aromatic nitrogens is 4. The van der Waals surface area contributed by atoms with Crippen molar-refractivity contribution in [3.05, 3.63) is 0 Å². The molecule has 0 amide bonds. The second-order valence-corrected chi connectivity index (χ2v) is 7.36. The molecule has 0 N–H and O–H groups in total. The van der Waals surface area contributed by atoms with Crippen molar-refractivity contribution in [1.82, 2.24) is 20.2 Å². The van der Waals surface area contributed by atoms with Crippen LogP contribution in [0.25, 0.3) is 0 Å². The van der Waals surface area contributed by atoms with Gasteiger partial charge in [0, 0.05) is 12.4 Å². The summed E-state index contributed by atoms with van der Waals surface area (Å²) in [7, 11) is 0. The van der Waals surface area contributed by atoms with E-state index < -0.39 is 0 Å². The zero-order valence-corrected chi connectivity index (χ0v) is 14.1. The molecule has 1 saturated heterocycles. The van der Waals surface area contributed by atoms with Gasteiger partial charge in [0.15, 0.2) is 0 Å². The van der Waals surface area contributed by atoms with Crippen LogP contribution in [-0.4, -0.2) is 51.4 Å². The largest absolute Gasteiger partial charge is 0.377 e. The summed E-state index contributed by atoms with van der Waals surface area (Å²) < 4.78 is 13.6. The highest BCUT2D eigenvalue weighted by Gasteiger charge is 2.22. The summed E-state index contributed by atoms with van der Waals surface area (Å²) in [6.07, 6.45) is 8.13. The van der Waals surface area contributed by atoms with Crippen LogP contribution in [0.5, 0.6) is 0 Å². The van der Waals surface area contributed by atoms with Crippen molar-refractivity contribution < 1.29 is 9.47 Å². The second kappa shape index (κ2) is 8.26. The van der Waals surface area contributed by atoms with Gasteiger partial charge in [-0.2, -0.15) is 0 Å².